The summed E-state index contributed by atoms with van der Waals surface area (Å²) in [6.07, 6.45) is 7.82. The van der Waals surface area contributed by atoms with Crippen molar-refractivity contribution >= 4 is 29.6 Å². The monoisotopic (exact) mass is 774 g/mol. The number of nitrogens with one attached hydrogen (secondary N) is 1. The quantitative estimate of drug-likeness (QED) is 0.0271. The number of carbonyl (C=O) groups is 3. The maximum Gasteiger partial charge on any atom is 0.440 e. The van der Waals surface area contributed by atoms with Gasteiger partial charge < -0.3 is 39.5 Å². The number of halogens is 1. The first-order chi connectivity index (χ1) is 27.0. The zero-order chi connectivity index (χ0) is 40.0. The van der Waals surface area contributed by atoms with Gasteiger partial charge in [-0.2, -0.15) is 9.98 Å². The molecule has 2 heterocycles. The predicted octanol–water partition coefficient (Wildman–Crippen LogP) is 5.57. The lowest BCUT2D eigenvalue weighted by atomic mass is 9.89. The average molecular weight is 775 g/mol. The number of carbonyl (C=O) groups excluding carboxylic acids is 3. The van der Waals surface area contributed by atoms with E-state index >= 15 is 4.39 Å². The Bertz CT molecular complexity index is 2030. The summed E-state index contributed by atoms with van der Waals surface area (Å²) in [5.41, 5.74) is 7.66. The summed E-state index contributed by atoms with van der Waals surface area (Å²) in [6.45, 7) is 4.02. The van der Waals surface area contributed by atoms with Crippen molar-refractivity contribution < 1.29 is 47.2 Å². The number of allylic oxidation sites excluding steroid dienone is 1. The van der Waals surface area contributed by atoms with E-state index in [2.05, 4.69) is 30.4 Å². The third-order valence-corrected chi connectivity index (χ3v) is 8.25. The Kier molecular flexibility index (Phi) is 14.2. The van der Waals surface area contributed by atoms with Crippen molar-refractivity contribution in [1.82, 2.24) is 24.7 Å². The summed E-state index contributed by atoms with van der Waals surface area (Å²) in [5.74, 6) is -1.91. The van der Waals surface area contributed by atoms with Gasteiger partial charge in [-0.3, -0.25) is 9.59 Å². The van der Waals surface area contributed by atoms with Crippen LogP contribution in [0.1, 0.15) is 75.9 Å². The molecule has 18 heteroatoms. The fourth-order valence-electron chi connectivity index (χ4n) is 5.56. The van der Waals surface area contributed by atoms with Crippen LogP contribution in [-0.4, -0.2) is 75.7 Å². The Labute approximate surface area is 322 Å². The van der Waals surface area contributed by atoms with Gasteiger partial charge in [-0.25, -0.2) is 19.2 Å². The summed E-state index contributed by atoms with van der Waals surface area (Å²) in [7, 11) is 1.41. The molecule has 0 radical (unpaired) electrons. The molecule has 1 saturated carbocycles. The van der Waals surface area contributed by atoms with E-state index in [4.69, 9.17) is 34.2 Å². The number of nitrogens with zero attached hydrogens (tertiary/aromatic N) is 6. The fraction of sp³-hybridized carbons (Fsp3) is 0.368. The lowest BCUT2D eigenvalue weighted by Crippen LogP contribution is -2.22. The number of benzene rings is 2. The molecule has 1 aliphatic carbocycles. The number of anilines is 1. The lowest BCUT2D eigenvalue weighted by molar-refractivity contribution is -0.156. The largest absolute Gasteiger partial charge is 0.497 e. The van der Waals surface area contributed by atoms with Gasteiger partial charge in [0.2, 0.25) is 6.79 Å². The zero-order valence-electron chi connectivity index (χ0n) is 31.4. The van der Waals surface area contributed by atoms with Gasteiger partial charge in [-0.1, -0.05) is 19.3 Å². The number of esters is 2. The SMILES string of the molecule is COc1cc(OCCOC(C)=O)c(F)c([C@@H](Nc2ccc(/C(N)=N/C(=O)OC=C(C)C)cc2)c2nc(OCOC(=O)C3CCCCC3)n(-c3ncccn3)n2)c1. The summed E-state index contributed by atoms with van der Waals surface area (Å²) in [5, 5.41) is 7.86. The Morgan fingerprint density at radius 3 is 2.43 bits per heavy atom. The topological polar surface area (TPSA) is 213 Å². The van der Waals surface area contributed by atoms with Crippen LogP contribution in [0.5, 0.6) is 17.5 Å². The molecule has 1 aliphatic rings. The van der Waals surface area contributed by atoms with E-state index in [1.54, 1.807) is 44.2 Å². The first-order valence-corrected chi connectivity index (χ1v) is 17.7. The fourth-order valence-corrected chi connectivity index (χ4v) is 5.56. The van der Waals surface area contributed by atoms with Gasteiger partial charge >= 0.3 is 24.0 Å². The highest BCUT2D eigenvalue weighted by atomic mass is 19.1. The van der Waals surface area contributed by atoms with Gasteiger partial charge in [0.1, 0.15) is 30.8 Å². The molecule has 3 N–H and O–H groups in total. The van der Waals surface area contributed by atoms with Crippen molar-refractivity contribution in [3.8, 4) is 23.5 Å². The molecule has 1 atom stereocenters. The molecule has 2 aromatic heterocycles. The maximum absolute atomic E-state index is 16.5. The molecular weight excluding hydrogens is 731 g/mol. The van der Waals surface area contributed by atoms with Crippen LogP contribution in [0.4, 0.5) is 14.9 Å². The number of aliphatic imine (C=N–C) groups is 1. The number of rotatable bonds is 16. The lowest BCUT2D eigenvalue weighted by Gasteiger charge is -2.21. The minimum atomic E-state index is -1.17. The molecule has 2 aromatic carbocycles. The van der Waals surface area contributed by atoms with Crippen LogP contribution in [-0.2, 0) is 23.8 Å². The van der Waals surface area contributed by atoms with Crippen LogP contribution < -0.4 is 25.3 Å². The van der Waals surface area contributed by atoms with Crippen LogP contribution >= 0.6 is 0 Å². The van der Waals surface area contributed by atoms with E-state index in [9.17, 15) is 14.4 Å². The molecule has 4 aromatic rings. The minimum Gasteiger partial charge on any atom is -0.497 e. The molecule has 296 valence electrons. The smallest absolute Gasteiger partial charge is 0.440 e. The Hall–Kier alpha value is -6.59. The van der Waals surface area contributed by atoms with E-state index in [-0.39, 0.29) is 65.8 Å². The molecule has 1 amide bonds. The Morgan fingerprint density at radius 1 is 1.02 bits per heavy atom. The van der Waals surface area contributed by atoms with Crippen LogP contribution in [0.2, 0.25) is 0 Å². The third kappa shape index (κ3) is 11.2. The molecule has 56 heavy (non-hydrogen) atoms. The highest BCUT2D eigenvalue weighted by Crippen LogP contribution is 2.36. The van der Waals surface area contributed by atoms with E-state index in [1.807, 2.05) is 0 Å². The van der Waals surface area contributed by atoms with Crippen LogP contribution in [0.3, 0.4) is 0 Å². The second-order valence-corrected chi connectivity index (χ2v) is 12.7. The number of aromatic nitrogens is 5. The van der Waals surface area contributed by atoms with Crippen LogP contribution in [0, 0.1) is 11.7 Å². The van der Waals surface area contributed by atoms with Gasteiger partial charge in [-0.05, 0) is 68.7 Å². The second-order valence-electron chi connectivity index (χ2n) is 12.7. The molecule has 0 spiro atoms. The maximum atomic E-state index is 16.5. The second kappa shape index (κ2) is 19.7. The molecule has 5 rings (SSSR count). The van der Waals surface area contributed by atoms with Gasteiger partial charge in [0.25, 0.3) is 5.95 Å². The number of ether oxygens (including phenoxy) is 6. The third-order valence-electron chi connectivity index (χ3n) is 8.25. The van der Waals surface area contributed by atoms with E-state index < -0.39 is 30.7 Å². The Morgan fingerprint density at radius 2 is 1.75 bits per heavy atom. The van der Waals surface area contributed by atoms with Gasteiger partial charge in [-0.15, -0.1) is 9.78 Å². The molecule has 0 saturated heterocycles. The first kappa shape index (κ1) is 40.6. The number of hydrogen-bond acceptors (Lipinski definition) is 14. The van der Waals surface area contributed by atoms with Crippen molar-refractivity contribution in [2.24, 2.45) is 16.6 Å². The molecule has 0 aliphatic heterocycles. The minimum absolute atomic E-state index is 0.0135. The molecule has 0 unspecified atom stereocenters. The number of amidine groups is 1. The molecular formula is C38H43FN8O9. The van der Waals surface area contributed by atoms with Crippen molar-refractivity contribution in [2.45, 2.75) is 58.9 Å². The van der Waals surface area contributed by atoms with E-state index in [0.29, 0.717) is 11.3 Å². The van der Waals surface area contributed by atoms with Crippen molar-refractivity contribution in [3.05, 3.63) is 89.5 Å². The van der Waals surface area contributed by atoms with Gasteiger partial charge in [0.05, 0.1) is 19.3 Å². The molecule has 1 fully saturated rings. The van der Waals surface area contributed by atoms with Gasteiger partial charge in [0, 0.05) is 42.2 Å². The van der Waals surface area contributed by atoms with Crippen molar-refractivity contribution in [3.63, 3.8) is 0 Å². The average Bonchev–Trinajstić information content (AvgIpc) is 3.63. The van der Waals surface area contributed by atoms with Crippen molar-refractivity contribution in [1.29, 1.82) is 0 Å². The first-order valence-electron chi connectivity index (χ1n) is 17.7. The van der Waals surface area contributed by atoms with Crippen LogP contribution in [0.15, 0.2) is 71.7 Å². The molecule has 0 bridgehead atoms. The summed E-state index contributed by atoms with van der Waals surface area (Å²) in [4.78, 5) is 53.0. The van der Waals surface area contributed by atoms with E-state index in [0.717, 1.165) is 37.7 Å². The summed E-state index contributed by atoms with van der Waals surface area (Å²) < 4.78 is 50.1. The zero-order valence-corrected chi connectivity index (χ0v) is 31.4. The number of hydrogen-bond donors (Lipinski definition) is 2. The normalized spacial score (nSPS) is 13.6. The Balaban J connectivity index is 1.51. The predicted molar refractivity (Wildman–Crippen MR) is 199 cm³/mol. The molecule has 17 nitrogen and oxygen atoms in total. The summed E-state index contributed by atoms with van der Waals surface area (Å²) in [6, 6.07) is 9.52. The number of amides is 1. The van der Waals surface area contributed by atoms with Gasteiger partial charge in [0.15, 0.2) is 17.4 Å². The highest BCUT2D eigenvalue weighted by molar-refractivity contribution is 6.03. The number of methoxy groups -OCH3 is 1. The number of nitrogens with two attached hydrogens (primary N) is 1. The van der Waals surface area contributed by atoms with Crippen molar-refractivity contribution in [2.75, 3.05) is 32.4 Å². The standard InChI is InChI=1S/C38H43FN8O9/c1-23(2)21-54-38(50)44-33(40)25-11-13-27(14-12-25)43-32(29-19-28(51-4)20-30(31(29)39)53-18-17-52-24(3)48)34-45-37(47(46-34)36-41-15-8-16-42-36)56-22-55-35(49)26-9-6-5-7-10-26/h8,11-16,19-21,26,32,43H,5-7,9-10,17-18,22H2,1-4H3,(H2,40,44,50)/t32-/m1/s1. The summed E-state index contributed by atoms with van der Waals surface area (Å²) >= 11 is 0. The van der Waals surface area contributed by atoms with E-state index in [1.165, 1.54) is 49.5 Å². The van der Waals surface area contributed by atoms with Crippen LogP contribution in [0.25, 0.3) is 5.95 Å². The highest BCUT2D eigenvalue weighted by Gasteiger charge is 2.29.